The van der Waals surface area contributed by atoms with Crippen molar-refractivity contribution >= 4 is 28.6 Å². The van der Waals surface area contributed by atoms with Crippen LogP contribution in [0, 0.1) is 0 Å². The van der Waals surface area contributed by atoms with Crippen molar-refractivity contribution in [2.24, 2.45) is 0 Å². The van der Waals surface area contributed by atoms with Crippen LogP contribution in [-0.2, 0) is 16.0 Å². The predicted octanol–water partition coefficient (Wildman–Crippen LogP) is 1.85. The summed E-state index contributed by atoms with van der Waals surface area (Å²) in [6, 6.07) is 16.0. The highest BCUT2D eigenvalue weighted by Crippen LogP contribution is 2.23. The van der Waals surface area contributed by atoms with Crippen LogP contribution in [0.3, 0.4) is 0 Å². The van der Waals surface area contributed by atoms with Crippen molar-refractivity contribution in [3.63, 3.8) is 0 Å². The Balaban J connectivity index is 1.43. The van der Waals surface area contributed by atoms with Gasteiger partial charge in [-0.15, -0.1) is 0 Å². The van der Waals surface area contributed by atoms with Gasteiger partial charge in [0.2, 0.25) is 5.91 Å². The summed E-state index contributed by atoms with van der Waals surface area (Å²) in [5, 5.41) is 22.2. The molecule has 4 aromatic rings. The van der Waals surface area contributed by atoms with E-state index < -0.39 is 30.1 Å². The first kappa shape index (κ1) is 22.7. The number of carbonyl (C=O) groups excluding carboxylic acids is 2. The van der Waals surface area contributed by atoms with Gasteiger partial charge in [-0.3, -0.25) is 14.7 Å². The minimum absolute atomic E-state index is 0.196. The molecule has 10 heteroatoms. The number of H-pyrrole nitrogens is 1. The molecule has 4 rings (SSSR count). The fourth-order valence-electron chi connectivity index (χ4n) is 3.46. The number of aliphatic hydroxyl groups is 1. The van der Waals surface area contributed by atoms with Crippen LogP contribution in [0.1, 0.15) is 5.56 Å². The van der Waals surface area contributed by atoms with Crippen molar-refractivity contribution in [1.82, 2.24) is 15.5 Å². The van der Waals surface area contributed by atoms with E-state index in [1.165, 1.54) is 13.2 Å². The monoisotopic (exact) mass is 462 g/mol. The van der Waals surface area contributed by atoms with Crippen molar-refractivity contribution in [3.05, 3.63) is 76.6 Å². The van der Waals surface area contributed by atoms with Gasteiger partial charge in [0.1, 0.15) is 17.4 Å². The first-order chi connectivity index (χ1) is 16.5. The molecule has 1 atom stereocenters. The van der Waals surface area contributed by atoms with E-state index in [0.29, 0.717) is 22.4 Å². The summed E-state index contributed by atoms with van der Waals surface area (Å²) in [5.41, 5.74) is 1.67. The Labute approximate surface area is 193 Å². The molecule has 0 aliphatic heterocycles. The molecule has 34 heavy (non-hydrogen) atoms. The molecular formula is C24H22N4O6. The lowest BCUT2D eigenvalue weighted by Gasteiger charge is -2.15. The number of amides is 2. The number of methoxy groups -OCH3 is 1. The maximum absolute atomic E-state index is 12.6. The van der Waals surface area contributed by atoms with Crippen LogP contribution in [0.5, 0.6) is 5.75 Å². The number of aliphatic hydroxyl groups excluding tert-OH is 1. The van der Waals surface area contributed by atoms with Gasteiger partial charge in [-0.1, -0.05) is 30.3 Å². The first-order valence-corrected chi connectivity index (χ1v) is 10.4. The lowest BCUT2D eigenvalue weighted by atomic mass is 10.1. The van der Waals surface area contributed by atoms with Crippen LogP contribution in [-0.4, -0.2) is 46.9 Å². The first-order valence-electron chi connectivity index (χ1n) is 10.4. The fourth-order valence-corrected chi connectivity index (χ4v) is 3.46. The molecule has 2 amide bonds. The van der Waals surface area contributed by atoms with E-state index in [4.69, 9.17) is 9.15 Å². The Hall–Kier alpha value is -4.44. The molecule has 2 heterocycles. The molecular weight excluding hydrogens is 440 g/mol. The molecule has 10 nitrogen and oxygen atoms in total. The Morgan fingerprint density at radius 2 is 1.94 bits per heavy atom. The number of hydrogen-bond donors (Lipinski definition) is 4. The number of aromatic amines is 1. The smallest absolute Gasteiger partial charge is 0.336 e. The van der Waals surface area contributed by atoms with E-state index in [9.17, 15) is 19.5 Å². The summed E-state index contributed by atoms with van der Waals surface area (Å²) in [5.74, 6) is -0.437. The van der Waals surface area contributed by atoms with Gasteiger partial charge >= 0.3 is 5.63 Å². The molecule has 0 bridgehead atoms. The van der Waals surface area contributed by atoms with Gasteiger partial charge < -0.3 is 24.9 Å². The molecule has 0 radical (unpaired) electrons. The Bertz CT molecular complexity index is 1380. The minimum Gasteiger partial charge on any atom is -0.497 e. The molecule has 0 saturated carbocycles. The van der Waals surface area contributed by atoms with Crippen LogP contribution in [0.2, 0.25) is 0 Å². The van der Waals surface area contributed by atoms with Gasteiger partial charge in [0.15, 0.2) is 5.82 Å². The number of benzene rings is 2. The van der Waals surface area contributed by atoms with E-state index in [1.807, 2.05) is 30.3 Å². The molecule has 4 N–H and O–H groups in total. The molecule has 0 aliphatic carbocycles. The lowest BCUT2D eigenvalue weighted by molar-refractivity contribution is -0.126. The summed E-state index contributed by atoms with van der Waals surface area (Å²) in [6.45, 7) is -0.623. The van der Waals surface area contributed by atoms with Crippen molar-refractivity contribution in [3.8, 4) is 17.0 Å². The number of carbonyl (C=O) groups is 2. The van der Waals surface area contributed by atoms with Crippen LogP contribution in [0.15, 0.2) is 69.9 Å². The van der Waals surface area contributed by atoms with Gasteiger partial charge in [0.05, 0.1) is 25.8 Å². The number of hydrogen-bond acceptors (Lipinski definition) is 7. The summed E-state index contributed by atoms with van der Waals surface area (Å²) >= 11 is 0. The van der Waals surface area contributed by atoms with E-state index >= 15 is 0 Å². The van der Waals surface area contributed by atoms with E-state index in [-0.39, 0.29) is 17.8 Å². The predicted molar refractivity (Wildman–Crippen MR) is 124 cm³/mol. The topological polar surface area (TPSA) is 147 Å². The summed E-state index contributed by atoms with van der Waals surface area (Å²) in [6.07, 6.45) is -0.196. The zero-order valence-electron chi connectivity index (χ0n) is 18.2. The summed E-state index contributed by atoms with van der Waals surface area (Å²) in [7, 11) is 1.49. The highest BCUT2D eigenvalue weighted by Gasteiger charge is 2.22. The normalized spacial score (nSPS) is 11.7. The van der Waals surface area contributed by atoms with Gasteiger partial charge in [-0.25, -0.2) is 4.79 Å². The van der Waals surface area contributed by atoms with Crippen LogP contribution >= 0.6 is 0 Å². The molecule has 2 aromatic heterocycles. The second-order valence-electron chi connectivity index (χ2n) is 7.45. The maximum Gasteiger partial charge on any atom is 0.336 e. The third-order valence-corrected chi connectivity index (χ3v) is 5.14. The Morgan fingerprint density at radius 1 is 1.15 bits per heavy atom. The molecule has 0 spiro atoms. The van der Waals surface area contributed by atoms with Crippen LogP contribution in [0.4, 0.5) is 5.82 Å². The highest BCUT2D eigenvalue weighted by atomic mass is 16.5. The largest absolute Gasteiger partial charge is 0.497 e. The Morgan fingerprint density at radius 3 is 2.68 bits per heavy atom. The highest BCUT2D eigenvalue weighted by molar-refractivity contribution is 5.97. The third-order valence-electron chi connectivity index (χ3n) is 5.14. The number of fused-ring (bicyclic) bond motifs is 1. The van der Waals surface area contributed by atoms with Gasteiger partial charge in [0, 0.05) is 23.6 Å². The number of aromatic nitrogens is 2. The second-order valence-corrected chi connectivity index (χ2v) is 7.45. The quantitative estimate of drug-likeness (QED) is 0.292. The number of nitrogens with zero attached hydrogens (tertiary/aromatic N) is 1. The van der Waals surface area contributed by atoms with Gasteiger partial charge in [0.25, 0.3) is 5.91 Å². The van der Waals surface area contributed by atoms with E-state index in [0.717, 1.165) is 5.56 Å². The fraction of sp³-hybridized carbons (Fsp3) is 0.167. The van der Waals surface area contributed by atoms with Crippen molar-refractivity contribution in [1.29, 1.82) is 0 Å². The third kappa shape index (κ3) is 5.13. The van der Waals surface area contributed by atoms with Crippen molar-refractivity contribution in [2.75, 3.05) is 19.0 Å². The second kappa shape index (κ2) is 10.0. The summed E-state index contributed by atoms with van der Waals surface area (Å²) in [4.78, 5) is 37.1. The number of ether oxygens (including phenoxy) is 1. The number of rotatable bonds is 8. The average molecular weight is 462 g/mol. The number of nitrogens with one attached hydrogen (secondary N) is 3. The van der Waals surface area contributed by atoms with Gasteiger partial charge in [-0.05, 0) is 23.3 Å². The standard InChI is InChI=1S/C24H22N4O6/c1-33-16-7-8-17-15(10-23(31)34-20(17)11-16)9-22(30)25-19(13-29)24(32)26-21-12-18(27-28-21)14-5-3-2-4-6-14/h2-8,10-12,19,29H,9,13H2,1H3,(H,25,30)(H2,26,27,28,32). The van der Waals surface area contributed by atoms with Crippen LogP contribution in [0.25, 0.3) is 22.2 Å². The Kier molecular flexibility index (Phi) is 6.69. The van der Waals surface area contributed by atoms with E-state index in [2.05, 4.69) is 20.8 Å². The molecule has 0 fully saturated rings. The summed E-state index contributed by atoms with van der Waals surface area (Å²) < 4.78 is 10.3. The number of anilines is 1. The van der Waals surface area contributed by atoms with Crippen molar-refractivity contribution in [2.45, 2.75) is 12.5 Å². The SMILES string of the molecule is COc1ccc2c(CC(=O)NC(CO)C(=O)Nc3cc(-c4ccccc4)[nH]n3)cc(=O)oc2c1. The van der Waals surface area contributed by atoms with E-state index in [1.54, 1.807) is 24.3 Å². The average Bonchev–Trinajstić information content (AvgIpc) is 3.30. The molecule has 0 aliphatic rings. The molecule has 174 valence electrons. The maximum atomic E-state index is 12.6. The van der Waals surface area contributed by atoms with Gasteiger partial charge in [-0.2, -0.15) is 5.10 Å². The minimum atomic E-state index is -1.21. The lowest BCUT2D eigenvalue weighted by Crippen LogP contribution is -2.46. The zero-order chi connectivity index (χ0) is 24.1. The van der Waals surface area contributed by atoms with Crippen molar-refractivity contribution < 1.29 is 23.8 Å². The molecule has 0 saturated heterocycles. The van der Waals surface area contributed by atoms with Crippen LogP contribution < -0.4 is 21.0 Å². The molecule has 1 unspecified atom stereocenters. The molecule has 2 aromatic carbocycles. The zero-order valence-corrected chi connectivity index (χ0v) is 18.2.